The summed E-state index contributed by atoms with van der Waals surface area (Å²) in [5.74, 6) is -0.537. The van der Waals surface area contributed by atoms with Crippen molar-refractivity contribution in [2.45, 2.75) is 80.9 Å². The number of aliphatic hydroxyl groups is 6. The summed E-state index contributed by atoms with van der Waals surface area (Å²) in [5.41, 5.74) is 1.46. The lowest BCUT2D eigenvalue weighted by atomic mass is 9.94. The van der Waals surface area contributed by atoms with E-state index in [-0.39, 0.29) is 17.1 Å². The van der Waals surface area contributed by atoms with Crippen LogP contribution >= 0.6 is 0 Å². The SMILES string of the molecule is C[C@@H]1O[C@@H](O[C@@H]2[C@@H](O)[C@H](Oc3ccc([C@@H]4Cc5cccc(O)c5C(=O)O4)cc3)O[C@H](CO)[C@H]2O)[C@H](O)[C@H](O)[C@H]1O. The Morgan fingerprint density at radius 3 is 2.30 bits per heavy atom. The number of cyclic esters (lactones) is 1. The fraction of sp³-hybridized carbons (Fsp3) is 0.519. The standard InChI is InChI=1S/C27H32O13/c1-11-19(30)21(32)22(33)26(36-11)40-24-20(31)17(10-28)39-27(23(24)34)37-14-7-5-12(6-8-14)16-9-13-3-2-4-15(29)18(13)25(35)38-16/h2-8,11,16-17,19-24,26-34H,9-10H2,1H3/t11-,16-,17+,19-,20+,21+,22+,23+,24-,26-,27+/m0/s1. The van der Waals surface area contributed by atoms with E-state index in [0.717, 1.165) is 0 Å². The fourth-order valence-corrected chi connectivity index (χ4v) is 5.09. The molecule has 40 heavy (non-hydrogen) atoms. The van der Waals surface area contributed by atoms with Gasteiger partial charge in [-0.15, -0.1) is 0 Å². The molecule has 3 aliphatic heterocycles. The van der Waals surface area contributed by atoms with E-state index in [1.807, 2.05) is 0 Å². The third-order valence-electron chi connectivity index (χ3n) is 7.41. The van der Waals surface area contributed by atoms with Crippen LogP contribution in [0.4, 0.5) is 0 Å². The van der Waals surface area contributed by atoms with Crippen LogP contribution in [0.25, 0.3) is 0 Å². The van der Waals surface area contributed by atoms with Crippen LogP contribution in [0, 0.1) is 0 Å². The molecule has 13 heteroatoms. The second-order valence-electron chi connectivity index (χ2n) is 10.1. The number of benzene rings is 2. The highest BCUT2D eigenvalue weighted by Gasteiger charge is 2.50. The van der Waals surface area contributed by atoms with E-state index >= 15 is 0 Å². The molecule has 2 aromatic carbocycles. The number of esters is 1. The number of hydrogen-bond acceptors (Lipinski definition) is 13. The summed E-state index contributed by atoms with van der Waals surface area (Å²) in [6, 6.07) is 11.2. The number of phenols is 1. The second-order valence-corrected chi connectivity index (χ2v) is 10.1. The summed E-state index contributed by atoms with van der Waals surface area (Å²) in [7, 11) is 0. The van der Waals surface area contributed by atoms with Crippen molar-refractivity contribution < 1.29 is 64.2 Å². The summed E-state index contributed by atoms with van der Waals surface area (Å²) in [6.07, 6.45) is -14.6. The number of aromatic hydroxyl groups is 1. The number of phenolic OH excluding ortho intramolecular Hbond substituents is 1. The number of carbonyl (C=O) groups is 1. The molecule has 0 spiro atoms. The third kappa shape index (κ3) is 5.40. The zero-order chi connectivity index (χ0) is 28.7. The summed E-state index contributed by atoms with van der Waals surface area (Å²) < 4.78 is 27.9. The maximum atomic E-state index is 12.4. The molecule has 0 saturated carbocycles. The van der Waals surface area contributed by atoms with Gasteiger partial charge in [-0.25, -0.2) is 4.79 Å². The Bertz CT molecular complexity index is 1190. The molecule has 218 valence electrons. The van der Waals surface area contributed by atoms with Gasteiger partial charge in [0.1, 0.15) is 65.9 Å². The van der Waals surface area contributed by atoms with Gasteiger partial charge in [-0.3, -0.25) is 0 Å². The summed E-state index contributed by atoms with van der Waals surface area (Å²) in [6.45, 7) is 0.804. The quantitative estimate of drug-likeness (QED) is 0.208. The molecule has 11 atom stereocenters. The Hall–Kier alpha value is -2.85. The fourth-order valence-electron chi connectivity index (χ4n) is 5.09. The third-order valence-corrected chi connectivity index (χ3v) is 7.41. The monoisotopic (exact) mass is 564 g/mol. The first kappa shape index (κ1) is 28.7. The Kier molecular flexibility index (Phi) is 8.29. The van der Waals surface area contributed by atoms with Gasteiger partial charge in [0, 0.05) is 6.42 Å². The van der Waals surface area contributed by atoms with E-state index in [0.29, 0.717) is 17.5 Å². The van der Waals surface area contributed by atoms with Gasteiger partial charge in [0.15, 0.2) is 6.29 Å². The predicted molar refractivity (Wildman–Crippen MR) is 132 cm³/mol. The highest BCUT2D eigenvalue weighted by Crippen LogP contribution is 2.36. The predicted octanol–water partition coefficient (Wildman–Crippen LogP) is -1.12. The van der Waals surface area contributed by atoms with Crippen LogP contribution in [0.1, 0.15) is 34.5 Å². The zero-order valence-electron chi connectivity index (χ0n) is 21.4. The van der Waals surface area contributed by atoms with Crippen molar-refractivity contribution in [3.05, 3.63) is 59.2 Å². The van der Waals surface area contributed by atoms with Crippen LogP contribution in [0.3, 0.4) is 0 Å². The average Bonchev–Trinajstić information content (AvgIpc) is 2.94. The van der Waals surface area contributed by atoms with Gasteiger partial charge in [-0.1, -0.05) is 24.3 Å². The lowest BCUT2D eigenvalue weighted by Crippen LogP contribution is -2.64. The van der Waals surface area contributed by atoms with Gasteiger partial charge in [-0.2, -0.15) is 0 Å². The van der Waals surface area contributed by atoms with Gasteiger partial charge >= 0.3 is 5.97 Å². The van der Waals surface area contributed by atoms with Crippen molar-refractivity contribution in [3.63, 3.8) is 0 Å². The van der Waals surface area contributed by atoms with Crippen molar-refractivity contribution in [2.24, 2.45) is 0 Å². The van der Waals surface area contributed by atoms with Gasteiger partial charge < -0.3 is 59.4 Å². The second kappa shape index (κ2) is 11.6. The van der Waals surface area contributed by atoms with E-state index in [4.69, 9.17) is 23.7 Å². The molecular weight excluding hydrogens is 532 g/mol. The van der Waals surface area contributed by atoms with Crippen LogP contribution in [0.2, 0.25) is 0 Å². The molecule has 3 heterocycles. The molecule has 0 aromatic heterocycles. The molecule has 0 aliphatic carbocycles. The zero-order valence-corrected chi connectivity index (χ0v) is 21.4. The molecule has 0 unspecified atom stereocenters. The molecule has 2 aromatic rings. The first-order chi connectivity index (χ1) is 19.1. The molecular formula is C27H32O13. The molecule has 3 aliphatic rings. The van der Waals surface area contributed by atoms with E-state index in [1.54, 1.807) is 36.4 Å². The van der Waals surface area contributed by atoms with Crippen LogP contribution in [-0.2, 0) is 25.4 Å². The Morgan fingerprint density at radius 2 is 1.60 bits per heavy atom. The lowest BCUT2D eigenvalue weighted by molar-refractivity contribution is -0.349. The summed E-state index contributed by atoms with van der Waals surface area (Å²) >= 11 is 0. The smallest absolute Gasteiger partial charge is 0.342 e. The van der Waals surface area contributed by atoms with Gasteiger partial charge in [0.25, 0.3) is 0 Å². The maximum Gasteiger partial charge on any atom is 0.342 e. The molecule has 7 N–H and O–H groups in total. The molecule has 2 saturated heterocycles. The van der Waals surface area contributed by atoms with Crippen molar-refractivity contribution in [3.8, 4) is 11.5 Å². The Balaban J connectivity index is 1.28. The Morgan fingerprint density at radius 1 is 0.875 bits per heavy atom. The minimum absolute atomic E-state index is 0.142. The van der Waals surface area contributed by atoms with E-state index in [9.17, 15) is 40.5 Å². The first-order valence-corrected chi connectivity index (χ1v) is 12.8. The topological polar surface area (TPSA) is 205 Å². The first-order valence-electron chi connectivity index (χ1n) is 12.8. The number of fused-ring (bicyclic) bond motifs is 1. The van der Waals surface area contributed by atoms with E-state index in [2.05, 4.69) is 0 Å². The number of rotatable bonds is 6. The largest absolute Gasteiger partial charge is 0.507 e. The molecule has 0 amide bonds. The van der Waals surface area contributed by atoms with Crippen LogP contribution in [0.15, 0.2) is 42.5 Å². The van der Waals surface area contributed by atoms with Crippen molar-refractivity contribution in [1.29, 1.82) is 0 Å². The van der Waals surface area contributed by atoms with Gasteiger partial charge in [-0.05, 0) is 36.2 Å². The van der Waals surface area contributed by atoms with Crippen LogP contribution in [-0.4, -0.2) is 110 Å². The van der Waals surface area contributed by atoms with Gasteiger partial charge in [0.05, 0.1) is 12.7 Å². The molecule has 5 rings (SSSR count). The minimum Gasteiger partial charge on any atom is -0.507 e. The highest BCUT2D eigenvalue weighted by molar-refractivity contribution is 5.95. The van der Waals surface area contributed by atoms with Crippen molar-refractivity contribution in [2.75, 3.05) is 6.61 Å². The molecule has 2 fully saturated rings. The van der Waals surface area contributed by atoms with E-state index in [1.165, 1.54) is 13.0 Å². The molecule has 0 radical (unpaired) electrons. The number of aliphatic hydroxyl groups excluding tert-OH is 6. The van der Waals surface area contributed by atoms with E-state index < -0.39 is 80.1 Å². The summed E-state index contributed by atoms with van der Waals surface area (Å²) in [5, 5.41) is 71.5. The van der Waals surface area contributed by atoms with Crippen LogP contribution in [0.5, 0.6) is 11.5 Å². The summed E-state index contributed by atoms with van der Waals surface area (Å²) in [4.78, 5) is 12.4. The Labute approximate surface area is 228 Å². The van der Waals surface area contributed by atoms with Crippen molar-refractivity contribution >= 4 is 5.97 Å². The number of ether oxygens (including phenoxy) is 5. The highest BCUT2D eigenvalue weighted by atomic mass is 16.7. The molecule has 0 bridgehead atoms. The van der Waals surface area contributed by atoms with Gasteiger partial charge in [0.2, 0.25) is 6.29 Å². The normalized spacial score (nSPS) is 37.9. The van der Waals surface area contributed by atoms with Crippen LogP contribution < -0.4 is 4.74 Å². The average molecular weight is 565 g/mol. The lowest BCUT2D eigenvalue weighted by Gasteiger charge is -2.45. The molecule has 13 nitrogen and oxygen atoms in total. The van der Waals surface area contributed by atoms with Crippen molar-refractivity contribution in [1.82, 2.24) is 0 Å². The number of carbonyl (C=O) groups excluding carboxylic acids is 1. The number of hydrogen-bond donors (Lipinski definition) is 7. The maximum absolute atomic E-state index is 12.4. The minimum atomic E-state index is -1.68.